The van der Waals surface area contributed by atoms with Gasteiger partial charge >= 0.3 is 0 Å². The van der Waals surface area contributed by atoms with Crippen molar-refractivity contribution in [3.05, 3.63) is 60.7 Å². The third kappa shape index (κ3) is 3.58. The molecule has 0 aromatic carbocycles. The number of aromatic nitrogens is 7. The maximum absolute atomic E-state index is 12.2. The summed E-state index contributed by atoms with van der Waals surface area (Å²) in [5.74, 6) is 0.531. The van der Waals surface area contributed by atoms with Crippen molar-refractivity contribution < 1.29 is 4.79 Å². The van der Waals surface area contributed by atoms with Crippen LogP contribution < -0.4 is 5.73 Å². The normalized spacial score (nSPS) is 13.6. The van der Waals surface area contributed by atoms with Crippen molar-refractivity contribution in [1.82, 2.24) is 34.3 Å². The van der Waals surface area contributed by atoms with Crippen LogP contribution in [0.3, 0.4) is 0 Å². The lowest BCUT2D eigenvalue weighted by Gasteiger charge is -2.12. The number of pyridine rings is 2. The van der Waals surface area contributed by atoms with Gasteiger partial charge in [-0.15, -0.1) is 10.2 Å². The Morgan fingerprint density at radius 1 is 1.13 bits per heavy atom. The molecule has 156 valence electrons. The topological polar surface area (TPSA) is 117 Å². The number of nitrogens with zero attached hydrogens (tertiary/aromatic N) is 7. The minimum atomic E-state index is -0.627. The first kappa shape index (κ1) is 19.1. The van der Waals surface area contributed by atoms with Crippen molar-refractivity contribution in [2.45, 2.75) is 38.6 Å². The molecule has 4 aromatic rings. The molecule has 1 saturated carbocycles. The van der Waals surface area contributed by atoms with Crippen molar-refractivity contribution in [2.24, 2.45) is 5.73 Å². The predicted octanol–water partition coefficient (Wildman–Crippen LogP) is 3.14. The summed E-state index contributed by atoms with van der Waals surface area (Å²) >= 11 is 0. The van der Waals surface area contributed by atoms with E-state index < -0.39 is 5.91 Å². The van der Waals surface area contributed by atoms with Gasteiger partial charge in [-0.25, -0.2) is 9.97 Å². The van der Waals surface area contributed by atoms with Crippen molar-refractivity contribution in [1.29, 1.82) is 0 Å². The van der Waals surface area contributed by atoms with Crippen LogP contribution in [0, 0.1) is 0 Å². The minimum Gasteiger partial charge on any atom is -0.364 e. The molecule has 1 amide bonds. The molecule has 1 aliphatic rings. The van der Waals surface area contributed by atoms with Crippen LogP contribution in [0.15, 0.2) is 49.3 Å². The summed E-state index contributed by atoms with van der Waals surface area (Å²) in [6.45, 7) is 4.05. The van der Waals surface area contributed by atoms with Crippen molar-refractivity contribution in [2.75, 3.05) is 0 Å². The Balaban J connectivity index is 1.55. The van der Waals surface area contributed by atoms with E-state index in [4.69, 9.17) is 5.73 Å². The van der Waals surface area contributed by atoms with Gasteiger partial charge in [0.25, 0.3) is 5.91 Å². The Bertz CT molecular complexity index is 1270. The molecule has 4 heterocycles. The predicted molar refractivity (Wildman–Crippen MR) is 114 cm³/mol. The molecular weight excluding hydrogens is 392 g/mol. The number of primary amides is 1. The second kappa shape index (κ2) is 7.42. The van der Waals surface area contributed by atoms with Crippen molar-refractivity contribution in [3.63, 3.8) is 0 Å². The molecule has 0 aliphatic heterocycles. The number of amides is 1. The minimum absolute atomic E-state index is 0.143. The number of hydrogen-bond acceptors (Lipinski definition) is 6. The van der Waals surface area contributed by atoms with Crippen LogP contribution in [0.2, 0.25) is 0 Å². The maximum Gasteiger partial charge on any atom is 0.268 e. The molecule has 0 atom stereocenters. The molecule has 0 unspecified atom stereocenters. The molecule has 0 spiro atoms. The highest BCUT2D eigenvalue weighted by Gasteiger charge is 2.26. The molecule has 1 aliphatic carbocycles. The summed E-state index contributed by atoms with van der Waals surface area (Å²) in [7, 11) is 0. The number of carbonyl (C=O) groups is 1. The standard InChI is InChI=1S/C22H22N8O/c1-13(2)30-12-26-28-22(30)17-6-5-16(20(27-17)21(23)31)18-9-15(7-8-24-18)29-10-19(25-11-29)14-3-4-14/h5-14H,3-4H2,1-2H3,(H2,23,31). The lowest BCUT2D eigenvalue weighted by molar-refractivity contribution is 0.0996. The third-order valence-corrected chi connectivity index (χ3v) is 5.40. The summed E-state index contributed by atoms with van der Waals surface area (Å²) in [5.41, 5.74) is 9.54. The molecular formula is C22H22N8O. The molecule has 1 fully saturated rings. The van der Waals surface area contributed by atoms with Gasteiger partial charge in [-0.2, -0.15) is 0 Å². The average molecular weight is 414 g/mol. The highest BCUT2D eigenvalue weighted by atomic mass is 16.1. The average Bonchev–Trinajstić information content (AvgIpc) is 3.29. The highest BCUT2D eigenvalue weighted by Crippen LogP contribution is 2.39. The number of rotatable bonds is 6. The SMILES string of the molecule is CC(C)n1cnnc1-c1ccc(-c2cc(-n3cnc(C4CC4)c3)ccn2)c(C(N)=O)n1. The molecule has 0 radical (unpaired) electrons. The van der Waals surface area contributed by atoms with Gasteiger partial charge in [0.05, 0.1) is 23.4 Å². The molecule has 31 heavy (non-hydrogen) atoms. The van der Waals surface area contributed by atoms with E-state index in [0.717, 1.165) is 11.4 Å². The van der Waals surface area contributed by atoms with Crippen LogP contribution in [-0.2, 0) is 0 Å². The monoisotopic (exact) mass is 414 g/mol. The summed E-state index contributed by atoms with van der Waals surface area (Å²) in [5, 5.41) is 8.13. The summed E-state index contributed by atoms with van der Waals surface area (Å²) < 4.78 is 3.86. The number of carbonyl (C=O) groups excluding carboxylic acids is 1. The van der Waals surface area contributed by atoms with Crippen molar-refractivity contribution in [3.8, 4) is 28.5 Å². The fourth-order valence-corrected chi connectivity index (χ4v) is 3.58. The number of imidazole rings is 1. The zero-order chi connectivity index (χ0) is 21.5. The summed E-state index contributed by atoms with van der Waals surface area (Å²) in [4.78, 5) is 25.7. The Kier molecular flexibility index (Phi) is 4.58. The number of hydrogen-bond donors (Lipinski definition) is 1. The molecule has 9 heteroatoms. The lowest BCUT2D eigenvalue weighted by Crippen LogP contribution is -2.16. The van der Waals surface area contributed by atoms with Crippen LogP contribution in [0.1, 0.15) is 54.8 Å². The lowest BCUT2D eigenvalue weighted by atomic mass is 10.1. The fraction of sp³-hybridized carbons (Fsp3) is 0.273. The van der Waals surface area contributed by atoms with Crippen LogP contribution in [0.25, 0.3) is 28.5 Å². The second-order valence-corrected chi connectivity index (χ2v) is 7.99. The number of nitrogens with two attached hydrogens (primary N) is 1. The van der Waals surface area contributed by atoms with E-state index in [-0.39, 0.29) is 11.7 Å². The van der Waals surface area contributed by atoms with E-state index in [1.807, 2.05) is 47.6 Å². The highest BCUT2D eigenvalue weighted by molar-refractivity contribution is 5.98. The van der Waals surface area contributed by atoms with Crippen LogP contribution >= 0.6 is 0 Å². The quantitative estimate of drug-likeness (QED) is 0.518. The zero-order valence-corrected chi connectivity index (χ0v) is 17.3. The zero-order valence-electron chi connectivity index (χ0n) is 17.3. The molecule has 0 bridgehead atoms. The summed E-state index contributed by atoms with van der Waals surface area (Å²) in [6, 6.07) is 7.56. The first-order valence-electron chi connectivity index (χ1n) is 10.2. The van der Waals surface area contributed by atoms with Gasteiger partial charge in [0.1, 0.15) is 17.7 Å². The van der Waals surface area contributed by atoms with Crippen molar-refractivity contribution >= 4 is 5.91 Å². The van der Waals surface area contributed by atoms with E-state index in [1.165, 1.54) is 12.8 Å². The maximum atomic E-state index is 12.2. The third-order valence-electron chi connectivity index (χ3n) is 5.40. The van der Waals surface area contributed by atoms with E-state index >= 15 is 0 Å². The smallest absolute Gasteiger partial charge is 0.268 e. The molecule has 2 N–H and O–H groups in total. The first-order valence-corrected chi connectivity index (χ1v) is 10.2. The van der Waals surface area contributed by atoms with E-state index in [0.29, 0.717) is 28.7 Å². The second-order valence-electron chi connectivity index (χ2n) is 7.99. The van der Waals surface area contributed by atoms with Gasteiger partial charge in [0.15, 0.2) is 5.82 Å². The largest absolute Gasteiger partial charge is 0.364 e. The van der Waals surface area contributed by atoms with E-state index in [2.05, 4.69) is 25.1 Å². The van der Waals surface area contributed by atoms with Gasteiger partial charge in [0, 0.05) is 29.9 Å². The molecule has 9 nitrogen and oxygen atoms in total. The van der Waals surface area contributed by atoms with Gasteiger partial charge in [-0.3, -0.25) is 9.78 Å². The van der Waals surface area contributed by atoms with Crippen LogP contribution in [0.4, 0.5) is 0 Å². The molecule has 4 aromatic heterocycles. The van der Waals surface area contributed by atoms with E-state index in [9.17, 15) is 4.79 Å². The summed E-state index contributed by atoms with van der Waals surface area (Å²) in [6.07, 6.45) is 9.60. The van der Waals surface area contributed by atoms with Gasteiger partial charge < -0.3 is 14.9 Å². The van der Waals surface area contributed by atoms with E-state index in [1.54, 1.807) is 24.7 Å². The van der Waals surface area contributed by atoms with Gasteiger partial charge in [0.2, 0.25) is 0 Å². The van der Waals surface area contributed by atoms with Gasteiger partial charge in [-0.05, 0) is 51.0 Å². The first-order chi connectivity index (χ1) is 15.0. The Labute approximate surface area is 179 Å². The molecule has 5 rings (SSSR count). The Morgan fingerprint density at radius 3 is 2.71 bits per heavy atom. The van der Waals surface area contributed by atoms with Gasteiger partial charge in [-0.1, -0.05) is 0 Å². The molecule has 0 saturated heterocycles. The fourth-order valence-electron chi connectivity index (χ4n) is 3.58. The Hall–Kier alpha value is -3.88. The van der Waals surface area contributed by atoms with Crippen LogP contribution in [-0.4, -0.2) is 40.2 Å². The van der Waals surface area contributed by atoms with Crippen LogP contribution in [0.5, 0.6) is 0 Å². The Morgan fingerprint density at radius 2 is 1.97 bits per heavy atom.